The van der Waals surface area contributed by atoms with Crippen LogP contribution in [0.3, 0.4) is 0 Å². The number of carbonyl (C=O) groups is 1. The largest absolute Gasteiger partial charge is 0.435 e. The summed E-state index contributed by atoms with van der Waals surface area (Å²) in [7, 11) is 0. The number of carbonyl (C=O) groups excluding carboxylic acids is 1. The van der Waals surface area contributed by atoms with Gasteiger partial charge in [0.15, 0.2) is 5.69 Å². The predicted octanol–water partition coefficient (Wildman–Crippen LogP) is 6.22. The van der Waals surface area contributed by atoms with E-state index in [0.29, 0.717) is 11.3 Å². The zero-order valence-corrected chi connectivity index (χ0v) is 18.2. The molecule has 4 rings (SSSR count). The van der Waals surface area contributed by atoms with Crippen LogP contribution in [0.25, 0.3) is 28.1 Å². The average molecular weight is 500 g/mol. The van der Waals surface area contributed by atoms with Gasteiger partial charge in [-0.05, 0) is 47.0 Å². The molecule has 4 nitrogen and oxygen atoms in total. The Bertz CT molecular complexity index is 1250. The number of amides is 1. The summed E-state index contributed by atoms with van der Waals surface area (Å²) < 4.78 is 41.4. The van der Waals surface area contributed by atoms with Crippen molar-refractivity contribution in [2.45, 2.75) is 11.5 Å². The van der Waals surface area contributed by atoms with Gasteiger partial charge in [0.1, 0.15) is 0 Å². The highest BCUT2D eigenvalue weighted by Gasteiger charge is 2.35. The Morgan fingerprint density at radius 2 is 1.41 bits per heavy atom. The Morgan fingerprint density at radius 3 is 1.91 bits per heavy atom. The zero-order chi connectivity index (χ0) is 22.9. The van der Waals surface area contributed by atoms with Crippen molar-refractivity contribution in [3.8, 4) is 28.1 Å². The molecule has 0 atom stereocenters. The lowest BCUT2D eigenvalue weighted by Crippen LogP contribution is -2.11. The smallest absolute Gasteiger partial charge is 0.366 e. The summed E-state index contributed by atoms with van der Waals surface area (Å²) in [6.07, 6.45) is -4.59. The maximum atomic E-state index is 13.4. The van der Waals surface area contributed by atoms with Crippen molar-refractivity contribution >= 4 is 21.8 Å². The third-order valence-electron chi connectivity index (χ3n) is 5.02. The topological polar surface area (TPSA) is 60.9 Å². The van der Waals surface area contributed by atoms with Crippen LogP contribution in [0.4, 0.5) is 13.2 Å². The van der Waals surface area contributed by atoms with E-state index in [1.807, 2.05) is 36.4 Å². The number of alkyl halides is 4. The standard InChI is InChI=1S/C24H17BrF3N3O/c25-14-15-1-3-16(4-2-15)17-5-7-18(8-6-17)21-13-22(24(26,27)28)30-31(21)20-11-9-19(10-12-20)23(29)32/h1-13H,14H2,(H2,29,32). The minimum atomic E-state index is -4.59. The molecule has 0 bridgehead atoms. The Kier molecular flexibility index (Phi) is 5.88. The molecule has 3 aromatic carbocycles. The molecule has 0 unspecified atom stereocenters. The van der Waals surface area contributed by atoms with Crippen LogP contribution in [-0.2, 0) is 11.5 Å². The van der Waals surface area contributed by atoms with Crippen molar-refractivity contribution in [3.05, 3.63) is 95.7 Å². The van der Waals surface area contributed by atoms with Crippen LogP contribution >= 0.6 is 15.9 Å². The molecular formula is C24H17BrF3N3O. The summed E-state index contributed by atoms with van der Waals surface area (Å²) >= 11 is 3.42. The number of halogens is 4. The van der Waals surface area contributed by atoms with Gasteiger partial charge in [-0.15, -0.1) is 0 Å². The fraction of sp³-hybridized carbons (Fsp3) is 0.0833. The molecule has 1 amide bonds. The van der Waals surface area contributed by atoms with E-state index in [-0.39, 0.29) is 11.3 Å². The van der Waals surface area contributed by atoms with E-state index in [1.165, 1.54) is 28.9 Å². The van der Waals surface area contributed by atoms with E-state index in [4.69, 9.17) is 5.73 Å². The lowest BCUT2D eigenvalue weighted by Gasteiger charge is -2.09. The molecule has 0 spiro atoms. The van der Waals surface area contributed by atoms with Crippen LogP contribution in [0.15, 0.2) is 78.9 Å². The highest BCUT2D eigenvalue weighted by Crippen LogP contribution is 2.34. The van der Waals surface area contributed by atoms with Gasteiger partial charge in [0.2, 0.25) is 5.91 Å². The summed E-state index contributed by atoms with van der Waals surface area (Å²) in [5, 5.41) is 4.54. The second-order valence-electron chi connectivity index (χ2n) is 7.14. The van der Waals surface area contributed by atoms with Gasteiger partial charge in [-0.2, -0.15) is 18.3 Å². The van der Waals surface area contributed by atoms with Gasteiger partial charge in [0.05, 0.1) is 11.4 Å². The monoisotopic (exact) mass is 499 g/mol. The number of nitrogens with zero attached hydrogens (tertiary/aromatic N) is 2. The van der Waals surface area contributed by atoms with E-state index in [2.05, 4.69) is 21.0 Å². The molecule has 0 aliphatic carbocycles. The van der Waals surface area contributed by atoms with Gasteiger partial charge in [-0.3, -0.25) is 4.79 Å². The fourth-order valence-electron chi connectivity index (χ4n) is 3.31. The van der Waals surface area contributed by atoms with Crippen LogP contribution in [0, 0.1) is 0 Å². The molecule has 2 N–H and O–H groups in total. The molecule has 162 valence electrons. The first kappa shape index (κ1) is 21.8. The highest BCUT2D eigenvalue weighted by molar-refractivity contribution is 9.08. The minimum absolute atomic E-state index is 0.258. The molecule has 8 heteroatoms. The first-order chi connectivity index (χ1) is 15.3. The minimum Gasteiger partial charge on any atom is -0.366 e. The molecular weight excluding hydrogens is 483 g/mol. The van der Waals surface area contributed by atoms with Crippen molar-refractivity contribution < 1.29 is 18.0 Å². The summed E-state index contributed by atoms with van der Waals surface area (Å²) in [4.78, 5) is 11.3. The van der Waals surface area contributed by atoms with E-state index >= 15 is 0 Å². The van der Waals surface area contributed by atoms with Crippen molar-refractivity contribution in [3.63, 3.8) is 0 Å². The second-order valence-corrected chi connectivity index (χ2v) is 7.70. The van der Waals surface area contributed by atoms with Gasteiger partial charge in [0.25, 0.3) is 0 Å². The third kappa shape index (κ3) is 4.45. The number of hydrogen-bond donors (Lipinski definition) is 1. The quantitative estimate of drug-likeness (QED) is 0.331. The van der Waals surface area contributed by atoms with Crippen LogP contribution < -0.4 is 5.73 Å². The normalized spacial score (nSPS) is 11.5. The summed E-state index contributed by atoms with van der Waals surface area (Å²) in [6, 6.07) is 22.2. The summed E-state index contributed by atoms with van der Waals surface area (Å²) in [5.74, 6) is -0.618. The number of hydrogen-bond acceptors (Lipinski definition) is 2. The van der Waals surface area contributed by atoms with Crippen LogP contribution in [0.1, 0.15) is 21.6 Å². The number of rotatable bonds is 5. The zero-order valence-electron chi connectivity index (χ0n) is 16.6. The van der Waals surface area contributed by atoms with E-state index in [1.54, 1.807) is 12.1 Å². The number of benzene rings is 3. The van der Waals surface area contributed by atoms with Crippen molar-refractivity contribution in [2.24, 2.45) is 5.73 Å². The lowest BCUT2D eigenvalue weighted by molar-refractivity contribution is -0.141. The average Bonchev–Trinajstić information content (AvgIpc) is 3.25. The number of primary amides is 1. The van der Waals surface area contributed by atoms with E-state index in [0.717, 1.165) is 28.1 Å². The van der Waals surface area contributed by atoms with E-state index < -0.39 is 17.8 Å². The van der Waals surface area contributed by atoms with Crippen molar-refractivity contribution in [1.29, 1.82) is 0 Å². The fourth-order valence-corrected chi connectivity index (χ4v) is 3.68. The highest BCUT2D eigenvalue weighted by atomic mass is 79.9. The third-order valence-corrected chi connectivity index (χ3v) is 5.67. The van der Waals surface area contributed by atoms with Crippen LogP contribution in [0.5, 0.6) is 0 Å². The van der Waals surface area contributed by atoms with Crippen molar-refractivity contribution in [1.82, 2.24) is 9.78 Å². The van der Waals surface area contributed by atoms with Gasteiger partial charge in [-0.25, -0.2) is 4.68 Å². The maximum absolute atomic E-state index is 13.4. The first-order valence-electron chi connectivity index (χ1n) is 9.59. The van der Waals surface area contributed by atoms with Gasteiger partial charge < -0.3 is 5.73 Å². The second kappa shape index (κ2) is 8.63. The molecule has 0 fully saturated rings. The van der Waals surface area contributed by atoms with E-state index in [9.17, 15) is 18.0 Å². The molecule has 0 aliphatic rings. The van der Waals surface area contributed by atoms with Crippen LogP contribution in [0.2, 0.25) is 0 Å². The predicted molar refractivity (Wildman–Crippen MR) is 121 cm³/mol. The Morgan fingerprint density at radius 1 is 0.875 bits per heavy atom. The van der Waals surface area contributed by atoms with Gasteiger partial charge in [0, 0.05) is 16.5 Å². The maximum Gasteiger partial charge on any atom is 0.435 e. The molecule has 0 radical (unpaired) electrons. The summed E-state index contributed by atoms with van der Waals surface area (Å²) in [6.45, 7) is 0. The Labute approximate surface area is 190 Å². The Hall–Kier alpha value is -3.39. The van der Waals surface area contributed by atoms with Crippen molar-refractivity contribution in [2.75, 3.05) is 0 Å². The van der Waals surface area contributed by atoms with Gasteiger partial charge in [-0.1, -0.05) is 64.5 Å². The summed E-state index contributed by atoms with van der Waals surface area (Å²) in [5.41, 5.74) is 8.86. The Balaban J connectivity index is 1.74. The number of nitrogens with two attached hydrogens (primary N) is 1. The molecule has 32 heavy (non-hydrogen) atoms. The lowest BCUT2D eigenvalue weighted by atomic mass is 10.0. The molecule has 0 aliphatic heterocycles. The molecule has 1 heterocycles. The molecule has 0 saturated carbocycles. The molecule has 4 aromatic rings. The first-order valence-corrected chi connectivity index (χ1v) is 10.7. The molecule has 0 saturated heterocycles. The van der Waals surface area contributed by atoms with Gasteiger partial charge >= 0.3 is 6.18 Å². The van der Waals surface area contributed by atoms with Crippen LogP contribution in [-0.4, -0.2) is 15.7 Å². The number of aromatic nitrogens is 2. The molecule has 1 aromatic heterocycles. The SMILES string of the molecule is NC(=O)c1ccc(-n2nc(C(F)(F)F)cc2-c2ccc(-c3ccc(CBr)cc3)cc2)cc1.